The molecule has 0 aliphatic heterocycles. The summed E-state index contributed by atoms with van der Waals surface area (Å²) in [5, 5.41) is 0. The molecule has 0 bridgehead atoms. The van der Waals surface area contributed by atoms with Crippen molar-refractivity contribution >= 4 is 0 Å². The number of halogens is 2. The molecule has 1 saturated carbocycles. The average Bonchev–Trinajstić information content (AvgIpc) is 2.96. The Bertz CT molecular complexity index is 616. The first kappa shape index (κ1) is 14.2. The highest BCUT2D eigenvalue weighted by molar-refractivity contribution is 5.64. The van der Waals surface area contributed by atoms with Gasteiger partial charge in [-0.05, 0) is 47.9 Å². The van der Waals surface area contributed by atoms with Crippen LogP contribution in [0.4, 0.5) is 8.78 Å². The van der Waals surface area contributed by atoms with Gasteiger partial charge in [0, 0.05) is 11.6 Å². The second-order valence-corrected chi connectivity index (χ2v) is 5.95. The fourth-order valence-electron chi connectivity index (χ4n) is 3.60. The van der Waals surface area contributed by atoms with Gasteiger partial charge in [0.2, 0.25) is 0 Å². The smallest absolute Gasteiger partial charge is 0.133 e. The van der Waals surface area contributed by atoms with Crippen LogP contribution in [0.3, 0.4) is 0 Å². The van der Waals surface area contributed by atoms with Crippen LogP contribution in [-0.2, 0) is 0 Å². The molecule has 3 rings (SSSR count). The molecule has 0 amide bonds. The zero-order valence-electron chi connectivity index (χ0n) is 12.3. The highest BCUT2D eigenvalue weighted by Crippen LogP contribution is 2.41. The zero-order chi connectivity index (χ0) is 14.8. The van der Waals surface area contributed by atoms with E-state index >= 15 is 0 Å². The Morgan fingerprint density at radius 2 is 1.76 bits per heavy atom. The zero-order valence-corrected chi connectivity index (χ0v) is 12.3. The summed E-state index contributed by atoms with van der Waals surface area (Å²) in [7, 11) is 0. The molecule has 0 spiro atoms. The first-order valence-electron chi connectivity index (χ1n) is 7.74. The molecule has 0 aromatic heterocycles. The maximum absolute atomic E-state index is 13.8. The summed E-state index contributed by atoms with van der Waals surface area (Å²) < 4.78 is 26.8. The van der Waals surface area contributed by atoms with E-state index in [2.05, 4.69) is 19.1 Å². The van der Waals surface area contributed by atoms with Crippen LogP contribution in [0.25, 0.3) is 11.1 Å². The summed E-state index contributed by atoms with van der Waals surface area (Å²) in [6.45, 7) is 2.26. The molecule has 1 aliphatic rings. The minimum Gasteiger partial charge on any atom is -0.207 e. The third-order valence-electron chi connectivity index (χ3n) is 4.76. The van der Waals surface area contributed by atoms with Gasteiger partial charge in [-0.3, -0.25) is 0 Å². The summed E-state index contributed by atoms with van der Waals surface area (Å²) in [4.78, 5) is 0. The van der Waals surface area contributed by atoms with Gasteiger partial charge in [0.1, 0.15) is 11.6 Å². The van der Waals surface area contributed by atoms with Gasteiger partial charge in [-0.25, -0.2) is 8.78 Å². The lowest BCUT2D eigenvalue weighted by Crippen LogP contribution is -2.04. The molecule has 1 aliphatic carbocycles. The second kappa shape index (κ2) is 5.97. The van der Waals surface area contributed by atoms with Crippen LogP contribution < -0.4 is 0 Å². The fourth-order valence-corrected chi connectivity index (χ4v) is 3.60. The Morgan fingerprint density at radius 1 is 1.00 bits per heavy atom. The monoisotopic (exact) mass is 286 g/mol. The van der Waals surface area contributed by atoms with E-state index < -0.39 is 11.6 Å². The fraction of sp³-hybridized carbons (Fsp3) is 0.368. The van der Waals surface area contributed by atoms with Gasteiger partial charge >= 0.3 is 0 Å². The maximum Gasteiger partial charge on any atom is 0.133 e. The van der Waals surface area contributed by atoms with Crippen LogP contribution in [-0.4, -0.2) is 0 Å². The Hall–Kier alpha value is -1.70. The predicted octanol–water partition coefficient (Wildman–Crippen LogP) is 5.93. The van der Waals surface area contributed by atoms with E-state index in [4.69, 9.17) is 0 Å². The standard InChI is InChI=1S/C19H20F2/c1-2-13-4-3-5-17(13)14-6-8-15(9-7-14)18-11-10-16(20)12-19(18)21/h6-13,17H,2-5H2,1H3. The molecular weight excluding hydrogens is 266 g/mol. The van der Waals surface area contributed by atoms with E-state index in [-0.39, 0.29) is 0 Å². The minimum atomic E-state index is -0.537. The summed E-state index contributed by atoms with van der Waals surface area (Å²) in [5.74, 6) is 0.375. The van der Waals surface area contributed by atoms with Crippen molar-refractivity contribution < 1.29 is 8.78 Å². The molecule has 2 atom stereocenters. The van der Waals surface area contributed by atoms with Crippen molar-refractivity contribution in [1.29, 1.82) is 0 Å². The lowest BCUT2D eigenvalue weighted by molar-refractivity contribution is 0.470. The van der Waals surface area contributed by atoms with Crippen molar-refractivity contribution in [3.63, 3.8) is 0 Å². The van der Waals surface area contributed by atoms with E-state index in [1.807, 2.05) is 12.1 Å². The van der Waals surface area contributed by atoms with Crippen molar-refractivity contribution in [2.24, 2.45) is 5.92 Å². The molecule has 0 radical (unpaired) electrons. The lowest BCUT2D eigenvalue weighted by Gasteiger charge is -2.18. The van der Waals surface area contributed by atoms with Gasteiger partial charge in [0.25, 0.3) is 0 Å². The SMILES string of the molecule is CCC1CCCC1c1ccc(-c2ccc(F)cc2F)cc1. The first-order valence-corrected chi connectivity index (χ1v) is 7.74. The average molecular weight is 286 g/mol. The molecule has 0 heterocycles. The van der Waals surface area contributed by atoms with E-state index in [9.17, 15) is 8.78 Å². The molecule has 110 valence electrons. The summed E-state index contributed by atoms with van der Waals surface area (Å²) >= 11 is 0. The highest BCUT2D eigenvalue weighted by atomic mass is 19.1. The van der Waals surface area contributed by atoms with Crippen molar-refractivity contribution in [1.82, 2.24) is 0 Å². The molecular formula is C19H20F2. The van der Waals surface area contributed by atoms with Crippen LogP contribution in [0, 0.1) is 17.6 Å². The Balaban J connectivity index is 1.87. The first-order chi connectivity index (χ1) is 10.2. The molecule has 2 aromatic rings. The van der Waals surface area contributed by atoms with Crippen LogP contribution in [0.5, 0.6) is 0 Å². The summed E-state index contributed by atoms with van der Waals surface area (Å²) in [6.07, 6.45) is 5.09. The van der Waals surface area contributed by atoms with Gasteiger partial charge in [-0.1, -0.05) is 44.0 Å². The second-order valence-electron chi connectivity index (χ2n) is 5.95. The normalized spacial score (nSPS) is 21.7. The molecule has 0 saturated heterocycles. The van der Waals surface area contributed by atoms with Crippen LogP contribution >= 0.6 is 0 Å². The van der Waals surface area contributed by atoms with Gasteiger partial charge in [0.05, 0.1) is 0 Å². The molecule has 1 fully saturated rings. The third kappa shape index (κ3) is 2.85. The molecule has 2 aromatic carbocycles. The molecule has 0 N–H and O–H groups in total. The summed E-state index contributed by atoms with van der Waals surface area (Å²) in [5.41, 5.74) is 2.62. The Morgan fingerprint density at radius 3 is 2.43 bits per heavy atom. The number of hydrogen-bond acceptors (Lipinski definition) is 0. The van der Waals surface area contributed by atoms with Crippen LogP contribution in [0.1, 0.15) is 44.1 Å². The van der Waals surface area contributed by atoms with Gasteiger partial charge in [-0.2, -0.15) is 0 Å². The van der Waals surface area contributed by atoms with Gasteiger partial charge < -0.3 is 0 Å². The Labute approximate surface area is 124 Å². The van der Waals surface area contributed by atoms with Gasteiger partial charge in [-0.15, -0.1) is 0 Å². The third-order valence-corrected chi connectivity index (χ3v) is 4.76. The van der Waals surface area contributed by atoms with Crippen LogP contribution in [0.2, 0.25) is 0 Å². The number of benzene rings is 2. The van der Waals surface area contributed by atoms with Crippen molar-refractivity contribution in [3.05, 3.63) is 59.7 Å². The minimum absolute atomic E-state index is 0.460. The molecule has 2 heteroatoms. The van der Waals surface area contributed by atoms with Gasteiger partial charge in [0.15, 0.2) is 0 Å². The van der Waals surface area contributed by atoms with Crippen molar-refractivity contribution in [2.45, 2.75) is 38.5 Å². The van der Waals surface area contributed by atoms with E-state index in [0.717, 1.165) is 17.5 Å². The quantitative estimate of drug-likeness (QED) is 0.656. The predicted molar refractivity (Wildman–Crippen MR) is 82.2 cm³/mol. The maximum atomic E-state index is 13.8. The summed E-state index contributed by atoms with van der Waals surface area (Å²) in [6, 6.07) is 11.9. The molecule has 21 heavy (non-hydrogen) atoms. The topological polar surface area (TPSA) is 0 Å². The van der Waals surface area contributed by atoms with Crippen LogP contribution in [0.15, 0.2) is 42.5 Å². The highest BCUT2D eigenvalue weighted by Gasteiger charge is 2.26. The van der Waals surface area contributed by atoms with Crippen molar-refractivity contribution in [3.8, 4) is 11.1 Å². The largest absolute Gasteiger partial charge is 0.207 e. The van der Waals surface area contributed by atoms with E-state index in [1.165, 1.54) is 43.4 Å². The number of hydrogen-bond donors (Lipinski definition) is 0. The van der Waals surface area contributed by atoms with Crippen molar-refractivity contribution in [2.75, 3.05) is 0 Å². The van der Waals surface area contributed by atoms with E-state index in [1.54, 1.807) is 0 Å². The number of rotatable bonds is 3. The lowest BCUT2D eigenvalue weighted by atomic mass is 9.86. The Kier molecular flexibility index (Phi) is 4.05. The molecule has 0 nitrogen and oxygen atoms in total. The van der Waals surface area contributed by atoms with E-state index in [0.29, 0.717) is 11.5 Å². The molecule has 2 unspecified atom stereocenters.